The maximum atomic E-state index is 13.6. The predicted molar refractivity (Wildman–Crippen MR) is 123 cm³/mol. The van der Waals surface area contributed by atoms with Crippen molar-refractivity contribution in [2.75, 3.05) is 0 Å². The molecular weight excluding hydrogens is 465 g/mol. The lowest BCUT2D eigenvalue weighted by molar-refractivity contribution is -0.138. The molecule has 1 atom stereocenters. The maximum absolute atomic E-state index is 13.6. The summed E-state index contributed by atoms with van der Waals surface area (Å²) in [6.07, 6.45) is 3.83. The topological polar surface area (TPSA) is 61.4 Å². The van der Waals surface area contributed by atoms with Crippen LogP contribution in [0.5, 0.6) is 0 Å². The Hall–Kier alpha value is -3.46. The average molecular weight is 485 g/mol. The van der Waals surface area contributed by atoms with E-state index in [0.717, 1.165) is 18.2 Å². The molecule has 1 aliphatic heterocycles. The summed E-state index contributed by atoms with van der Waals surface area (Å²) in [6, 6.07) is 9.34. The van der Waals surface area contributed by atoms with Crippen LogP contribution in [-0.2, 0) is 12.7 Å². The van der Waals surface area contributed by atoms with Gasteiger partial charge in [0.15, 0.2) is 11.0 Å². The standard InChI is InChI=1S/C24H20ClF3N6/c1-15-13-33(14-29-15)20-10-8-16(30-22(20)25)9-11-21-31-23-18(6-4-12-34(23)32-21)17-5-2-3-7-19(17)24(26,27)28/h2-3,5,7-11,13-14,18H,4,6,12H2,1H3/t18-/m1/s1. The Labute approximate surface area is 198 Å². The third-order valence-electron chi connectivity index (χ3n) is 5.78. The molecular formula is C24H20ClF3N6. The number of hydrogen-bond acceptors (Lipinski definition) is 4. The SMILES string of the molecule is Cc1cn(-c2ccc(C=Cc3nc4n(n3)CCC[C@@H]4c3ccccc3C(F)(F)F)nc2Cl)cn1. The third kappa shape index (κ3) is 4.35. The Bertz CT molecular complexity index is 1370. The number of rotatable bonds is 4. The van der Waals surface area contributed by atoms with Crippen molar-refractivity contribution in [3.63, 3.8) is 0 Å². The fraction of sp³-hybridized carbons (Fsp3) is 0.250. The summed E-state index contributed by atoms with van der Waals surface area (Å²) in [4.78, 5) is 13.2. The minimum atomic E-state index is -4.42. The van der Waals surface area contributed by atoms with Crippen LogP contribution in [-0.4, -0.2) is 29.3 Å². The van der Waals surface area contributed by atoms with Crippen LogP contribution in [0.25, 0.3) is 17.8 Å². The van der Waals surface area contributed by atoms with E-state index >= 15 is 0 Å². The molecule has 1 aromatic carbocycles. The van der Waals surface area contributed by atoms with Gasteiger partial charge in [-0.15, -0.1) is 0 Å². The first-order valence-electron chi connectivity index (χ1n) is 10.8. The summed E-state index contributed by atoms with van der Waals surface area (Å²) in [5, 5.41) is 4.81. The lowest BCUT2D eigenvalue weighted by Crippen LogP contribution is -2.21. The Balaban J connectivity index is 1.42. The molecule has 0 saturated carbocycles. The second-order valence-corrected chi connectivity index (χ2v) is 8.49. The molecule has 0 unspecified atom stereocenters. The minimum Gasteiger partial charge on any atom is -0.303 e. The minimum absolute atomic E-state index is 0.234. The van der Waals surface area contributed by atoms with Crippen molar-refractivity contribution in [1.29, 1.82) is 0 Å². The Kier molecular flexibility index (Phi) is 5.73. The molecule has 6 nitrogen and oxygen atoms in total. The van der Waals surface area contributed by atoms with E-state index in [1.54, 1.807) is 33.8 Å². The average Bonchev–Trinajstić information content (AvgIpc) is 3.43. The van der Waals surface area contributed by atoms with Gasteiger partial charge in [-0.2, -0.15) is 18.3 Å². The van der Waals surface area contributed by atoms with E-state index in [0.29, 0.717) is 41.1 Å². The molecule has 0 amide bonds. The van der Waals surface area contributed by atoms with Crippen molar-refractivity contribution < 1.29 is 13.2 Å². The van der Waals surface area contributed by atoms with E-state index < -0.39 is 17.7 Å². The van der Waals surface area contributed by atoms with Crippen LogP contribution < -0.4 is 0 Å². The molecule has 10 heteroatoms. The van der Waals surface area contributed by atoms with Crippen LogP contribution >= 0.6 is 11.6 Å². The van der Waals surface area contributed by atoms with Gasteiger partial charge < -0.3 is 4.57 Å². The van der Waals surface area contributed by atoms with Crippen LogP contribution in [0.2, 0.25) is 5.15 Å². The van der Waals surface area contributed by atoms with Gasteiger partial charge in [0.05, 0.1) is 29.0 Å². The molecule has 5 rings (SSSR count). The molecule has 0 N–H and O–H groups in total. The lowest BCUT2D eigenvalue weighted by atomic mass is 9.88. The molecule has 174 valence electrons. The van der Waals surface area contributed by atoms with E-state index in [2.05, 4.69) is 20.1 Å². The van der Waals surface area contributed by atoms with Crippen LogP contribution in [0.3, 0.4) is 0 Å². The Morgan fingerprint density at radius 1 is 1.09 bits per heavy atom. The van der Waals surface area contributed by atoms with Crippen molar-refractivity contribution in [3.8, 4) is 5.69 Å². The molecule has 0 bridgehead atoms. The van der Waals surface area contributed by atoms with Crippen LogP contribution in [0, 0.1) is 6.92 Å². The number of benzene rings is 1. The third-order valence-corrected chi connectivity index (χ3v) is 6.05. The summed E-state index contributed by atoms with van der Waals surface area (Å²) in [6.45, 7) is 2.50. The summed E-state index contributed by atoms with van der Waals surface area (Å²) in [7, 11) is 0. The van der Waals surface area contributed by atoms with Gasteiger partial charge in [-0.1, -0.05) is 29.8 Å². The van der Waals surface area contributed by atoms with Crippen molar-refractivity contribution in [1.82, 2.24) is 29.3 Å². The molecule has 0 saturated heterocycles. The van der Waals surface area contributed by atoms with Gasteiger partial charge >= 0.3 is 6.18 Å². The highest BCUT2D eigenvalue weighted by Gasteiger charge is 2.37. The van der Waals surface area contributed by atoms with Gasteiger partial charge in [-0.25, -0.2) is 19.6 Å². The van der Waals surface area contributed by atoms with Gasteiger partial charge in [-0.05, 0) is 55.7 Å². The number of hydrogen-bond donors (Lipinski definition) is 0. The van der Waals surface area contributed by atoms with Crippen LogP contribution in [0.4, 0.5) is 13.2 Å². The molecule has 0 radical (unpaired) electrons. The maximum Gasteiger partial charge on any atom is 0.416 e. The Morgan fingerprint density at radius 2 is 1.91 bits per heavy atom. The quantitative estimate of drug-likeness (QED) is 0.336. The van der Waals surface area contributed by atoms with Crippen molar-refractivity contribution in [3.05, 3.63) is 88.2 Å². The smallest absolute Gasteiger partial charge is 0.303 e. The first-order chi connectivity index (χ1) is 16.3. The van der Waals surface area contributed by atoms with E-state index in [9.17, 15) is 13.2 Å². The number of pyridine rings is 1. The Morgan fingerprint density at radius 3 is 2.65 bits per heavy atom. The molecule has 0 aliphatic carbocycles. The molecule has 4 heterocycles. The zero-order valence-electron chi connectivity index (χ0n) is 18.2. The van der Waals surface area contributed by atoms with Crippen molar-refractivity contribution >= 4 is 23.8 Å². The number of aromatic nitrogens is 6. The molecule has 0 fully saturated rings. The molecule has 1 aliphatic rings. The van der Waals surface area contributed by atoms with Crippen molar-refractivity contribution in [2.45, 2.75) is 38.4 Å². The van der Waals surface area contributed by atoms with Gasteiger partial charge in [0.1, 0.15) is 5.82 Å². The molecule has 0 spiro atoms. The van der Waals surface area contributed by atoms with E-state index in [4.69, 9.17) is 11.6 Å². The number of imidazole rings is 1. The van der Waals surface area contributed by atoms with E-state index in [1.165, 1.54) is 12.1 Å². The monoisotopic (exact) mass is 484 g/mol. The first-order valence-corrected chi connectivity index (χ1v) is 11.1. The summed E-state index contributed by atoms with van der Waals surface area (Å²) in [5.74, 6) is 0.491. The van der Waals surface area contributed by atoms with Gasteiger partial charge in [0.25, 0.3) is 0 Å². The number of halogens is 4. The first kappa shape index (κ1) is 22.3. The predicted octanol–water partition coefficient (Wildman–Crippen LogP) is 5.94. The highest BCUT2D eigenvalue weighted by Crippen LogP contribution is 2.40. The summed E-state index contributed by atoms with van der Waals surface area (Å²) < 4.78 is 44.3. The van der Waals surface area contributed by atoms with Crippen LogP contribution in [0.15, 0.2) is 48.9 Å². The largest absolute Gasteiger partial charge is 0.416 e. The van der Waals surface area contributed by atoms with Crippen LogP contribution in [0.1, 0.15) is 52.9 Å². The highest BCUT2D eigenvalue weighted by atomic mass is 35.5. The molecule has 3 aromatic heterocycles. The van der Waals surface area contributed by atoms with Gasteiger partial charge in [-0.3, -0.25) is 0 Å². The second-order valence-electron chi connectivity index (χ2n) is 8.13. The van der Waals surface area contributed by atoms with E-state index in [-0.39, 0.29) is 5.56 Å². The summed E-state index contributed by atoms with van der Waals surface area (Å²) in [5.41, 5.74) is 1.79. The van der Waals surface area contributed by atoms with Crippen molar-refractivity contribution in [2.24, 2.45) is 0 Å². The van der Waals surface area contributed by atoms with Gasteiger partial charge in [0.2, 0.25) is 0 Å². The molecule has 34 heavy (non-hydrogen) atoms. The number of fused-ring (bicyclic) bond motifs is 1. The zero-order valence-corrected chi connectivity index (χ0v) is 18.9. The number of aryl methyl sites for hydroxylation is 2. The van der Waals surface area contributed by atoms with E-state index in [1.807, 2.05) is 25.3 Å². The second kappa shape index (κ2) is 8.72. The zero-order chi connectivity index (χ0) is 23.9. The number of alkyl halides is 3. The fourth-order valence-corrected chi connectivity index (χ4v) is 4.49. The fourth-order valence-electron chi connectivity index (χ4n) is 4.23. The summed E-state index contributed by atoms with van der Waals surface area (Å²) >= 11 is 6.36. The van der Waals surface area contributed by atoms with Gasteiger partial charge in [0, 0.05) is 18.7 Å². The number of nitrogens with zero attached hydrogens (tertiary/aromatic N) is 6. The molecule has 4 aromatic rings. The highest BCUT2D eigenvalue weighted by molar-refractivity contribution is 6.31. The lowest BCUT2D eigenvalue weighted by Gasteiger charge is -2.25. The normalized spacial score (nSPS) is 16.2.